The van der Waals surface area contributed by atoms with Gasteiger partial charge in [-0.25, -0.2) is 0 Å². The highest BCUT2D eigenvalue weighted by Crippen LogP contribution is 2.18. The fourth-order valence-corrected chi connectivity index (χ4v) is 3.38. The lowest BCUT2D eigenvalue weighted by Gasteiger charge is -2.39. The smallest absolute Gasteiger partial charge is 0.239 e. The van der Waals surface area contributed by atoms with Gasteiger partial charge in [-0.05, 0) is 38.3 Å². The molecule has 2 aliphatic rings. The van der Waals surface area contributed by atoms with Crippen molar-refractivity contribution in [1.29, 1.82) is 0 Å². The van der Waals surface area contributed by atoms with Crippen molar-refractivity contribution in [1.82, 2.24) is 10.2 Å². The van der Waals surface area contributed by atoms with Crippen molar-refractivity contribution in [2.45, 2.75) is 38.3 Å². The predicted molar refractivity (Wildman–Crippen MR) is 85.5 cm³/mol. The highest BCUT2D eigenvalue weighted by atomic mass is 16.2. The van der Waals surface area contributed by atoms with Crippen LogP contribution >= 0.6 is 0 Å². The van der Waals surface area contributed by atoms with Gasteiger partial charge < -0.3 is 15.1 Å². The Morgan fingerprint density at radius 3 is 2.48 bits per heavy atom. The van der Waals surface area contributed by atoms with Crippen LogP contribution < -0.4 is 10.2 Å². The Labute approximate surface area is 127 Å². The Morgan fingerprint density at radius 1 is 1.10 bits per heavy atom. The number of carbonyl (C=O) groups excluding carboxylic acids is 1. The van der Waals surface area contributed by atoms with Crippen molar-refractivity contribution in [3.8, 4) is 0 Å². The number of hydrogen-bond acceptors (Lipinski definition) is 3. The zero-order valence-corrected chi connectivity index (χ0v) is 12.8. The van der Waals surface area contributed by atoms with Gasteiger partial charge in [-0.3, -0.25) is 4.79 Å². The van der Waals surface area contributed by atoms with E-state index in [0.717, 1.165) is 39.0 Å². The SMILES string of the molecule is CC1CCCC(C(=O)N2CCN(c3ccccc3)CC2)N1. The van der Waals surface area contributed by atoms with Crippen LogP contribution in [0.1, 0.15) is 26.2 Å². The van der Waals surface area contributed by atoms with E-state index in [1.54, 1.807) is 0 Å². The van der Waals surface area contributed by atoms with Gasteiger partial charge in [0.15, 0.2) is 0 Å². The van der Waals surface area contributed by atoms with Crippen LogP contribution in [0.25, 0.3) is 0 Å². The Balaban J connectivity index is 1.54. The minimum absolute atomic E-state index is 0.0389. The van der Waals surface area contributed by atoms with Gasteiger partial charge in [-0.15, -0.1) is 0 Å². The average molecular weight is 287 g/mol. The van der Waals surface area contributed by atoms with Gasteiger partial charge in [0.25, 0.3) is 0 Å². The fraction of sp³-hybridized carbons (Fsp3) is 0.588. The summed E-state index contributed by atoms with van der Waals surface area (Å²) in [5.74, 6) is 0.300. The summed E-state index contributed by atoms with van der Waals surface area (Å²) in [5.41, 5.74) is 1.26. The molecule has 2 unspecified atom stereocenters. The number of piperazine rings is 1. The van der Waals surface area contributed by atoms with E-state index in [9.17, 15) is 4.79 Å². The Hall–Kier alpha value is -1.55. The molecule has 2 saturated heterocycles. The van der Waals surface area contributed by atoms with Crippen LogP contribution in [0.5, 0.6) is 0 Å². The number of rotatable bonds is 2. The molecule has 1 amide bonds. The highest BCUT2D eigenvalue weighted by Gasteiger charge is 2.30. The molecule has 0 radical (unpaired) electrons. The third kappa shape index (κ3) is 3.38. The minimum atomic E-state index is 0.0389. The van der Waals surface area contributed by atoms with Gasteiger partial charge in [0.1, 0.15) is 0 Å². The first-order valence-electron chi connectivity index (χ1n) is 8.09. The van der Waals surface area contributed by atoms with E-state index in [2.05, 4.69) is 41.4 Å². The van der Waals surface area contributed by atoms with Gasteiger partial charge in [0, 0.05) is 37.9 Å². The maximum Gasteiger partial charge on any atom is 0.239 e. The monoisotopic (exact) mass is 287 g/mol. The van der Waals surface area contributed by atoms with Crippen LogP contribution in [-0.4, -0.2) is 49.1 Å². The zero-order chi connectivity index (χ0) is 14.7. The molecule has 2 atom stereocenters. The molecule has 114 valence electrons. The maximum atomic E-state index is 12.6. The molecule has 1 N–H and O–H groups in total. The molecule has 21 heavy (non-hydrogen) atoms. The molecule has 0 aromatic heterocycles. The fourth-order valence-electron chi connectivity index (χ4n) is 3.38. The number of para-hydroxylation sites is 1. The molecule has 0 spiro atoms. The summed E-state index contributed by atoms with van der Waals surface area (Å²) in [7, 11) is 0. The molecular weight excluding hydrogens is 262 g/mol. The van der Waals surface area contributed by atoms with E-state index in [0.29, 0.717) is 11.9 Å². The van der Waals surface area contributed by atoms with Crippen LogP contribution in [0.3, 0.4) is 0 Å². The normalized spacial score (nSPS) is 26.7. The summed E-state index contributed by atoms with van der Waals surface area (Å²) >= 11 is 0. The van der Waals surface area contributed by atoms with Crippen LogP contribution in [0.2, 0.25) is 0 Å². The van der Waals surface area contributed by atoms with E-state index < -0.39 is 0 Å². The van der Waals surface area contributed by atoms with Crippen LogP contribution in [0, 0.1) is 0 Å². The van der Waals surface area contributed by atoms with Gasteiger partial charge >= 0.3 is 0 Å². The summed E-state index contributed by atoms with van der Waals surface area (Å²) < 4.78 is 0. The van der Waals surface area contributed by atoms with E-state index in [1.807, 2.05) is 11.0 Å². The number of anilines is 1. The van der Waals surface area contributed by atoms with E-state index in [4.69, 9.17) is 0 Å². The number of hydrogen-bond donors (Lipinski definition) is 1. The molecule has 1 aromatic rings. The predicted octanol–water partition coefficient (Wildman–Crippen LogP) is 1.87. The molecule has 2 aliphatic heterocycles. The molecule has 0 aliphatic carbocycles. The lowest BCUT2D eigenvalue weighted by atomic mass is 9.98. The molecule has 3 rings (SSSR count). The summed E-state index contributed by atoms with van der Waals surface area (Å²) in [5, 5.41) is 3.45. The quantitative estimate of drug-likeness (QED) is 0.902. The second-order valence-electron chi connectivity index (χ2n) is 6.20. The second kappa shape index (κ2) is 6.48. The largest absolute Gasteiger partial charge is 0.368 e. The van der Waals surface area contributed by atoms with Crippen molar-refractivity contribution in [2.75, 3.05) is 31.1 Å². The van der Waals surface area contributed by atoms with Crippen molar-refractivity contribution in [2.24, 2.45) is 0 Å². The molecule has 2 heterocycles. The minimum Gasteiger partial charge on any atom is -0.368 e. The highest BCUT2D eigenvalue weighted by molar-refractivity contribution is 5.82. The number of nitrogens with one attached hydrogen (secondary N) is 1. The first-order chi connectivity index (χ1) is 10.2. The Kier molecular flexibility index (Phi) is 4.44. The molecule has 0 bridgehead atoms. The van der Waals surface area contributed by atoms with Crippen molar-refractivity contribution in [3.63, 3.8) is 0 Å². The van der Waals surface area contributed by atoms with Crippen LogP contribution in [0.4, 0.5) is 5.69 Å². The van der Waals surface area contributed by atoms with Gasteiger partial charge in [0.2, 0.25) is 5.91 Å². The number of piperidine rings is 1. The van der Waals surface area contributed by atoms with Crippen LogP contribution in [0.15, 0.2) is 30.3 Å². The van der Waals surface area contributed by atoms with Gasteiger partial charge in [-0.1, -0.05) is 18.2 Å². The lowest BCUT2D eigenvalue weighted by Crippen LogP contribution is -2.56. The molecule has 4 heteroatoms. The van der Waals surface area contributed by atoms with Crippen molar-refractivity contribution in [3.05, 3.63) is 30.3 Å². The number of carbonyl (C=O) groups is 1. The van der Waals surface area contributed by atoms with E-state index in [-0.39, 0.29) is 6.04 Å². The molecule has 0 saturated carbocycles. The summed E-state index contributed by atoms with van der Waals surface area (Å²) in [6, 6.07) is 11.0. The standard InChI is InChI=1S/C17H25N3O/c1-14-6-5-9-16(18-14)17(21)20-12-10-19(11-13-20)15-7-3-2-4-8-15/h2-4,7-8,14,16,18H,5-6,9-13H2,1H3. The number of amides is 1. The van der Waals surface area contributed by atoms with Crippen molar-refractivity contribution < 1.29 is 4.79 Å². The maximum absolute atomic E-state index is 12.6. The average Bonchev–Trinajstić information content (AvgIpc) is 2.55. The summed E-state index contributed by atoms with van der Waals surface area (Å²) in [6.45, 7) is 5.70. The molecule has 4 nitrogen and oxygen atoms in total. The third-order valence-corrected chi connectivity index (χ3v) is 4.63. The van der Waals surface area contributed by atoms with E-state index in [1.165, 1.54) is 12.1 Å². The zero-order valence-electron chi connectivity index (χ0n) is 12.8. The van der Waals surface area contributed by atoms with E-state index >= 15 is 0 Å². The van der Waals surface area contributed by atoms with Crippen molar-refractivity contribution >= 4 is 11.6 Å². The Bertz CT molecular complexity index is 468. The number of benzene rings is 1. The molecule has 2 fully saturated rings. The summed E-state index contributed by atoms with van der Waals surface area (Å²) in [6.07, 6.45) is 3.34. The van der Waals surface area contributed by atoms with Crippen LogP contribution in [-0.2, 0) is 4.79 Å². The lowest BCUT2D eigenvalue weighted by molar-refractivity contribution is -0.134. The Morgan fingerprint density at radius 2 is 1.81 bits per heavy atom. The first-order valence-corrected chi connectivity index (χ1v) is 8.09. The number of nitrogens with zero attached hydrogens (tertiary/aromatic N) is 2. The van der Waals surface area contributed by atoms with Gasteiger partial charge in [0.05, 0.1) is 6.04 Å². The van der Waals surface area contributed by atoms with Gasteiger partial charge in [-0.2, -0.15) is 0 Å². The molecular formula is C17H25N3O. The molecule has 1 aromatic carbocycles. The first kappa shape index (κ1) is 14.4. The second-order valence-corrected chi connectivity index (χ2v) is 6.20. The third-order valence-electron chi connectivity index (χ3n) is 4.63. The topological polar surface area (TPSA) is 35.6 Å². The summed E-state index contributed by atoms with van der Waals surface area (Å²) in [4.78, 5) is 17.0.